The smallest absolute Gasteiger partial charge is 0.135 e. The van der Waals surface area contributed by atoms with E-state index in [4.69, 9.17) is 9.98 Å². The molecule has 1 aliphatic carbocycles. The first-order valence-electron chi connectivity index (χ1n) is 16.8. The molecule has 5 nitrogen and oxygen atoms in total. The number of fused-ring (bicyclic) bond motifs is 2. The third-order valence-corrected chi connectivity index (χ3v) is 10.3. The van der Waals surface area contributed by atoms with Crippen LogP contribution in [0.15, 0.2) is 149 Å². The van der Waals surface area contributed by atoms with Gasteiger partial charge in [0.05, 0.1) is 12.1 Å². The predicted octanol–water partition coefficient (Wildman–Crippen LogP) is 8.48. The van der Waals surface area contributed by atoms with Crippen molar-refractivity contribution in [3.8, 4) is 0 Å². The van der Waals surface area contributed by atoms with E-state index in [2.05, 4.69) is 176 Å². The predicted molar refractivity (Wildman–Crippen MR) is 195 cm³/mol. The highest BCUT2D eigenvalue weighted by molar-refractivity contribution is 6.11. The van der Waals surface area contributed by atoms with Crippen LogP contribution in [0.3, 0.4) is 0 Å². The molecular formula is C42H41N5. The Morgan fingerprint density at radius 1 is 0.766 bits per heavy atom. The Morgan fingerprint density at radius 2 is 1.38 bits per heavy atom. The summed E-state index contributed by atoms with van der Waals surface area (Å²) in [7, 11) is 2.18. The molecule has 5 heteroatoms. The van der Waals surface area contributed by atoms with Crippen molar-refractivity contribution < 1.29 is 0 Å². The topological polar surface area (TPSA) is 43.2 Å². The number of para-hydroxylation sites is 2. The van der Waals surface area contributed by atoms with Crippen molar-refractivity contribution in [2.24, 2.45) is 15.9 Å². The fraction of sp³-hybridized carbons (Fsp3) is 0.238. The van der Waals surface area contributed by atoms with Crippen molar-refractivity contribution in [2.75, 3.05) is 11.9 Å². The molecule has 3 aliphatic heterocycles. The van der Waals surface area contributed by atoms with Crippen LogP contribution in [0.2, 0.25) is 0 Å². The first-order chi connectivity index (χ1) is 23.0. The molecule has 4 atom stereocenters. The van der Waals surface area contributed by atoms with Gasteiger partial charge in [0.1, 0.15) is 18.2 Å². The van der Waals surface area contributed by atoms with Crippen molar-refractivity contribution in [1.29, 1.82) is 0 Å². The van der Waals surface area contributed by atoms with Crippen LogP contribution in [0.25, 0.3) is 5.57 Å². The Balaban J connectivity index is 1.30. The van der Waals surface area contributed by atoms with Gasteiger partial charge >= 0.3 is 0 Å². The summed E-state index contributed by atoms with van der Waals surface area (Å²) in [6.07, 6.45) is 12.8. The zero-order valence-corrected chi connectivity index (χ0v) is 27.3. The van der Waals surface area contributed by atoms with Gasteiger partial charge < -0.3 is 9.80 Å². The lowest BCUT2D eigenvalue weighted by atomic mass is 9.73. The molecule has 0 saturated carbocycles. The van der Waals surface area contributed by atoms with Crippen molar-refractivity contribution in [2.45, 2.75) is 50.6 Å². The molecule has 0 fully saturated rings. The Hall–Kier alpha value is -5.00. The van der Waals surface area contributed by atoms with E-state index in [9.17, 15) is 0 Å². The van der Waals surface area contributed by atoms with Gasteiger partial charge in [-0.05, 0) is 52.8 Å². The van der Waals surface area contributed by atoms with Crippen LogP contribution in [-0.4, -0.2) is 42.5 Å². The third-order valence-electron chi connectivity index (χ3n) is 10.3. The van der Waals surface area contributed by atoms with Gasteiger partial charge in [0.25, 0.3) is 0 Å². The first-order valence-corrected chi connectivity index (χ1v) is 16.8. The maximum Gasteiger partial charge on any atom is 0.135 e. The summed E-state index contributed by atoms with van der Waals surface area (Å²) in [5.41, 5.74) is 9.68. The van der Waals surface area contributed by atoms with Crippen LogP contribution in [0, 0.1) is 5.92 Å². The number of hydrogen-bond donors (Lipinski definition) is 1. The minimum Gasteiger partial charge on any atom is -0.343 e. The first kappa shape index (κ1) is 29.4. The number of rotatable bonds is 5. The van der Waals surface area contributed by atoms with Gasteiger partial charge in [0.15, 0.2) is 0 Å². The SMILES string of the molecule is CN1C(c2ccccc2)=NC(C2=CC=CCC2)NC1C1C=C(c2ccccc2)C=NC1N1c2ccccc2C(C)(C)c2ccccc21. The molecule has 4 aromatic carbocycles. The average molecular weight is 616 g/mol. The standard InChI is InChI=1S/C42H41N5/c1-42(2)34-23-13-15-25-36(34)47(37-26-16-14-24-35(37)42)40-33(27-32(28-43-40)29-17-7-4-8-18-29)41-45-38(30-19-9-5-10-20-30)44-39(46(41)3)31-21-11-6-12-22-31/h4-9,11-19,21-28,33,38,40-41,45H,10,20H2,1-3H3. The third kappa shape index (κ3) is 5.15. The number of amidine groups is 1. The molecule has 4 aromatic rings. The number of benzene rings is 4. The minimum atomic E-state index is -0.197. The summed E-state index contributed by atoms with van der Waals surface area (Å²) in [4.78, 5) is 15.7. The highest BCUT2D eigenvalue weighted by atomic mass is 15.4. The number of nitrogens with one attached hydrogen (secondary N) is 1. The lowest BCUT2D eigenvalue weighted by molar-refractivity contribution is 0.191. The number of dihydropyridines is 1. The quantitative estimate of drug-likeness (QED) is 0.245. The van der Waals surface area contributed by atoms with Crippen LogP contribution < -0.4 is 10.2 Å². The van der Waals surface area contributed by atoms with E-state index in [1.54, 1.807) is 0 Å². The van der Waals surface area contributed by atoms with E-state index in [0.29, 0.717) is 0 Å². The van der Waals surface area contributed by atoms with Crippen molar-refractivity contribution in [1.82, 2.24) is 10.2 Å². The second-order valence-electron chi connectivity index (χ2n) is 13.4. The van der Waals surface area contributed by atoms with Gasteiger partial charge in [-0.1, -0.05) is 135 Å². The van der Waals surface area contributed by atoms with Crippen molar-refractivity contribution in [3.63, 3.8) is 0 Å². The van der Waals surface area contributed by atoms with E-state index >= 15 is 0 Å². The van der Waals surface area contributed by atoms with E-state index in [0.717, 1.165) is 29.8 Å². The Bertz CT molecular complexity index is 1880. The maximum absolute atomic E-state index is 5.48. The van der Waals surface area contributed by atoms with Gasteiger partial charge in [0, 0.05) is 35.6 Å². The minimum absolute atomic E-state index is 0.0287. The van der Waals surface area contributed by atoms with Gasteiger partial charge in [-0.2, -0.15) is 0 Å². The molecular weight excluding hydrogens is 574 g/mol. The van der Waals surface area contributed by atoms with Gasteiger partial charge in [-0.3, -0.25) is 10.3 Å². The molecule has 8 rings (SSSR count). The molecule has 3 heterocycles. The van der Waals surface area contributed by atoms with Crippen LogP contribution in [0.5, 0.6) is 0 Å². The molecule has 47 heavy (non-hydrogen) atoms. The number of hydrogen-bond acceptors (Lipinski definition) is 5. The summed E-state index contributed by atoms with van der Waals surface area (Å²) in [6, 6.07) is 39.0. The summed E-state index contributed by atoms with van der Waals surface area (Å²) in [5, 5.41) is 4.04. The number of anilines is 2. The molecule has 1 N–H and O–H groups in total. The second kappa shape index (κ2) is 12.0. The largest absolute Gasteiger partial charge is 0.343 e. The normalized spacial score (nSPS) is 24.5. The summed E-state index contributed by atoms with van der Waals surface area (Å²) in [6.45, 7) is 4.68. The highest BCUT2D eigenvalue weighted by Crippen LogP contribution is 2.51. The van der Waals surface area contributed by atoms with Crippen LogP contribution in [0.4, 0.5) is 11.4 Å². The molecule has 0 bridgehead atoms. The van der Waals surface area contributed by atoms with Gasteiger partial charge in [-0.25, -0.2) is 4.99 Å². The van der Waals surface area contributed by atoms with Crippen LogP contribution in [0.1, 0.15) is 48.9 Å². The Kier molecular flexibility index (Phi) is 7.49. The van der Waals surface area contributed by atoms with Crippen molar-refractivity contribution >= 4 is 29.0 Å². The van der Waals surface area contributed by atoms with Crippen LogP contribution in [-0.2, 0) is 5.41 Å². The van der Waals surface area contributed by atoms with E-state index in [1.807, 2.05) is 0 Å². The Morgan fingerprint density at radius 3 is 2.02 bits per heavy atom. The fourth-order valence-electron chi connectivity index (χ4n) is 7.80. The monoisotopic (exact) mass is 615 g/mol. The van der Waals surface area contributed by atoms with Gasteiger partial charge in [0.2, 0.25) is 0 Å². The zero-order chi connectivity index (χ0) is 32.0. The van der Waals surface area contributed by atoms with Crippen LogP contribution >= 0.6 is 0 Å². The molecule has 0 saturated heterocycles. The van der Waals surface area contributed by atoms with Gasteiger partial charge in [-0.15, -0.1) is 0 Å². The van der Waals surface area contributed by atoms with Crippen molar-refractivity contribution in [3.05, 3.63) is 161 Å². The highest BCUT2D eigenvalue weighted by Gasteiger charge is 2.45. The second-order valence-corrected chi connectivity index (χ2v) is 13.4. The molecule has 0 spiro atoms. The Labute approximate surface area is 278 Å². The summed E-state index contributed by atoms with van der Waals surface area (Å²) in [5.74, 6) is 0.970. The summed E-state index contributed by atoms with van der Waals surface area (Å²) < 4.78 is 0. The molecule has 0 aromatic heterocycles. The lowest BCUT2D eigenvalue weighted by Crippen LogP contribution is -2.62. The maximum atomic E-state index is 5.48. The number of allylic oxidation sites excluding steroid dienone is 4. The number of aliphatic imine (C=N–C) groups is 2. The van der Waals surface area contributed by atoms with E-state index < -0.39 is 0 Å². The molecule has 0 radical (unpaired) electrons. The molecule has 234 valence electrons. The zero-order valence-electron chi connectivity index (χ0n) is 27.3. The average Bonchev–Trinajstić information content (AvgIpc) is 3.13. The molecule has 4 aliphatic rings. The summed E-state index contributed by atoms with van der Waals surface area (Å²) >= 11 is 0. The fourth-order valence-corrected chi connectivity index (χ4v) is 7.80. The molecule has 4 unspecified atom stereocenters. The molecule has 0 amide bonds. The van der Waals surface area contributed by atoms with E-state index in [1.165, 1.54) is 33.6 Å². The number of nitrogens with zero attached hydrogens (tertiary/aromatic N) is 4. The lowest BCUT2D eigenvalue weighted by Gasteiger charge is -2.50. The van der Waals surface area contributed by atoms with E-state index in [-0.39, 0.29) is 29.8 Å².